The van der Waals surface area contributed by atoms with Crippen LogP contribution in [0.5, 0.6) is 5.75 Å². The number of aliphatic hydroxyl groups is 3. The number of aliphatic hydroxyl groups excluding tert-OH is 2. The first-order chi connectivity index (χ1) is 20.4. The van der Waals surface area contributed by atoms with Crippen molar-refractivity contribution in [3.8, 4) is 16.9 Å². The maximum atomic E-state index is 14.0. The number of phenolic OH excluding ortho intramolecular Hbond substituents is 1. The molecule has 4 aliphatic rings. The van der Waals surface area contributed by atoms with E-state index in [-0.39, 0.29) is 29.7 Å². The number of hydrogen-bond donors (Lipinski definition) is 5. The molecule has 2 aromatic rings. The van der Waals surface area contributed by atoms with E-state index in [1.165, 1.54) is 11.0 Å². The number of amides is 1. The summed E-state index contributed by atoms with van der Waals surface area (Å²) in [7, 11) is 5.16. The van der Waals surface area contributed by atoms with Crippen LogP contribution in [0, 0.1) is 11.8 Å². The molecular formula is C32H34N4O7. The number of fused-ring (bicyclic) bond motifs is 3. The molecule has 1 saturated heterocycles. The van der Waals surface area contributed by atoms with Gasteiger partial charge in [-0.3, -0.25) is 19.3 Å². The number of likely N-dealkylation sites (N-methyl/N-ethyl adjacent to an activating group) is 1. The Labute approximate surface area is 248 Å². The molecule has 11 heteroatoms. The lowest BCUT2D eigenvalue weighted by molar-refractivity contribution is -0.153. The number of carbonyl (C=O) groups is 3. The summed E-state index contributed by atoms with van der Waals surface area (Å²) in [5, 5.41) is 45.1. The molecule has 1 amide bonds. The smallest absolute Gasteiger partial charge is 0.255 e. The average molecular weight is 587 g/mol. The van der Waals surface area contributed by atoms with E-state index in [1.54, 1.807) is 20.2 Å². The summed E-state index contributed by atoms with van der Waals surface area (Å²) < 4.78 is 0. The topological polar surface area (TPSA) is 177 Å². The highest BCUT2D eigenvalue weighted by molar-refractivity contribution is 6.24. The summed E-state index contributed by atoms with van der Waals surface area (Å²) in [6.07, 6.45) is 2.24. The van der Waals surface area contributed by atoms with E-state index < -0.39 is 58.0 Å². The van der Waals surface area contributed by atoms with Crippen LogP contribution >= 0.6 is 0 Å². The number of nitrogens with zero attached hydrogens (tertiary/aromatic N) is 3. The number of Topliss-reactive ketones (excluding diaryl/α,β-unsaturated/α-hetero) is 2. The number of likely N-dealkylation sites (tertiary alicyclic amines) is 1. The third-order valence-electron chi connectivity index (χ3n) is 9.38. The fourth-order valence-electron chi connectivity index (χ4n) is 7.31. The van der Waals surface area contributed by atoms with Crippen LogP contribution in [0.25, 0.3) is 16.9 Å². The molecule has 1 aliphatic heterocycles. The van der Waals surface area contributed by atoms with Crippen molar-refractivity contribution in [3.05, 3.63) is 64.4 Å². The first kappa shape index (κ1) is 28.6. The Hall–Kier alpha value is -4.48. The molecule has 6 rings (SSSR count). The summed E-state index contributed by atoms with van der Waals surface area (Å²) in [6.45, 7) is 0.975. The van der Waals surface area contributed by atoms with Crippen LogP contribution in [0.15, 0.2) is 58.3 Å². The predicted molar refractivity (Wildman–Crippen MR) is 159 cm³/mol. The van der Waals surface area contributed by atoms with Crippen LogP contribution in [0.3, 0.4) is 0 Å². The number of aliphatic imine (C=N–C) groups is 1. The Morgan fingerprint density at radius 3 is 2.40 bits per heavy atom. The second kappa shape index (κ2) is 10.1. The molecule has 4 atom stereocenters. The highest BCUT2D eigenvalue weighted by Gasteiger charge is 2.64. The molecule has 6 N–H and O–H groups in total. The Bertz CT molecular complexity index is 1670. The number of amidine groups is 1. The predicted octanol–water partition coefficient (Wildman–Crippen LogP) is 2.39. The number of primary amides is 1. The van der Waals surface area contributed by atoms with Crippen LogP contribution in [-0.2, 0) is 20.8 Å². The van der Waals surface area contributed by atoms with Gasteiger partial charge in [0.25, 0.3) is 5.91 Å². The van der Waals surface area contributed by atoms with Gasteiger partial charge in [0.15, 0.2) is 11.4 Å². The first-order valence-corrected chi connectivity index (χ1v) is 14.2. The zero-order valence-electron chi connectivity index (χ0n) is 24.2. The Morgan fingerprint density at radius 1 is 1.09 bits per heavy atom. The Morgan fingerprint density at radius 2 is 1.79 bits per heavy atom. The maximum absolute atomic E-state index is 14.0. The number of hydrogen-bond acceptors (Lipinski definition) is 9. The van der Waals surface area contributed by atoms with Crippen LogP contribution in [0.2, 0.25) is 0 Å². The Kier molecular flexibility index (Phi) is 6.70. The lowest BCUT2D eigenvalue weighted by atomic mass is 9.57. The van der Waals surface area contributed by atoms with Crippen molar-refractivity contribution in [2.75, 3.05) is 27.7 Å². The fourth-order valence-corrected chi connectivity index (χ4v) is 7.31. The third-order valence-corrected chi connectivity index (χ3v) is 9.38. The number of rotatable bonds is 4. The molecule has 0 bridgehead atoms. The van der Waals surface area contributed by atoms with E-state index in [4.69, 9.17) is 10.7 Å². The lowest BCUT2D eigenvalue weighted by Gasteiger charge is -2.50. The molecule has 1 saturated carbocycles. The molecule has 0 spiro atoms. The molecule has 1 heterocycles. The van der Waals surface area contributed by atoms with Crippen LogP contribution in [0.1, 0.15) is 30.4 Å². The number of ketones is 2. The quantitative estimate of drug-likeness (QED) is 0.337. The van der Waals surface area contributed by atoms with Crippen molar-refractivity contribution in [1.29, 1.82) is 0 Å². The van der Waals surface area contributed by atoms with E-state index in [9.17, 15) is 34.8 Å². The van der Waals surface area contributed by atoms with Crippen LogP contribution in [-0.4, -0.2) is 92.9 Å². The van der Waals surface area contributed by atoms with Gasteiger partial charge in [-0.15, -0.1) is 0 Å². The van der Waals surface area contributed by atoms with E-state index in [2.05, 4.69) is 4.90 Å². The molecule has 0 radical (unpaired) electrons. The Balaban J connectivity index is 1.46. The first-order valence-electron chi connectivity index (χ1n) is 14.2. The molecule has 0 aromatic heterocycles. The van der Waals surface area contributed by atoms with Gasteiger partial charge in [-0.05, 0) is 74.2 Å². The van der Waals surface area contributed by atoms with Gasteiger partial charge in [-0.1, -0.05) is 18.2 Å². The molecule has 224 valence electrons. The molecule has 11 nitrogen and oxygen atoms in total. The van der Waals surface area contributed by atoms with E-state index in [0.29, 0.717) is 5.56 Å². The van der Waals surface area contributed by atoms with Gasteiger partial charge in [0, 0.05) is 31.5 Å². The number of nitrogens with two attached hydrogens (primary N) is 1. The third kappa shape index (κ3) is 4.17. The van der Waals surface area contributed by atoms with E-state index in [0.717, 1.165) is 42.0 Å². The molecule has 0 unspecified atom stereocenters. The number of aromatic hydroxyl groups is 1. The summed E-state index contributed by atoms with van der Waals surface area (Å²) >= 11 is 0. The van der Waals surface area contributed by atoms with Gasteiger partial charge in [0.2, 0.25) is 5.78 Å². The standard InChI is InChI=1S/C32H34N4O7/c1-35(2)26-20-14-16-13-19-18(15-6-8-17(9-7-15)34-22-5-4-12-36(22)3)10-11-21(37)24(19)27(38)23(16)29(40)32(20,43)30(41)25(28(26)39)31(33)42/h6-11,16,20,26,37-38,41,43H,4-5,12-14H2,1-3H3,(H2,33,42)/t16-,20-,26-,32+/m1/s1. The van der Waals surface area contributed by atoms with Crippen molar-refractivity contribution in [1.82, 2.24) is 9.80 Å². The number of benzene rings is 2. The fraction of sp³-hybridized carbons (Fsp3) is 0.375. The van der Waals surface area contributed by atoms with E-state index >= 15 is 0 Å². The van der Waals surface area contributed by atoms with Gasteiger partial charge < -0.3 is 31.1 Å². The SMILES string of the molecule is CN1CCCC1=Nc1ccc(-c2ccc(O)c3c2C[C@@H]2C[C@@H]4[C@@H](N(C)C)C(=O)C(C(N)=O)=C(O)[C@@]4(O)C(=O)C2=C3O)cc1. The monoisotopic (exact) mass is 586 g/mol. The number of phenols is 1. The zero-order valence-corrected chi connectivity index (χ0v) is 24.2. The van der Waals surface area contributed by atoms with E-state index in [1.807, 2.05) is 31.3 Å². The van der Waals surface area contributed by atoms with Crippen molar-refractivity contribution in [2.45, 2.75) is 37.3 Å². The van der Waals surface area contributed by atoms with Crippen molar-refractivity contribution < 1.29 is 34.8 Å². The molecule has 2 fully saturated rings. The summed E-state index contributed by atoms with van der Waals surface area (Å²) in [4.78, 5) is 47.8. The van der Waals surface area contributed by atoms with Gasteiger partial charge in [-0.25, -0.2) is 4.99 Å². The largest absolute Gasteiger partial charge is 0.508 e. The minimum atomic E-state index is -2.66. The highest BCUT2D eigenvalue weighted by Crippen LogP contribution is 2.53. The second-order valence-corrected chi connectivity index (χ2v) is 12.0. The van der Waals surface area contributed by atoms with Crippen molar-refractivity contribution >= 4 is 34.8 Å². The zero-order chi connectivity index (χ0) is 31.0. The van der Waals surface area contributed by atoms with Gasteiger partial charge in [0.05, 0.1) is 17.3 Å². The highest BCUT2D eigenvalue weighted by atomic mass is 16.3. The molecule has 43 heavy (non-hydrogen) atoms. The van der Waals surface area contributed by atoms with Gasteiger partial charge in [-0.2, -0.15) is 0 Å². The summed E-state index contributed by atoms with van der Waals surface area (Å²) in [5.41, 5.74) is 4.75. The lowest BCUT2D eigenvalue weighted by Crippen LogP contribution is -2.65. The van der Waals surface area contributed by atoms with Crippen LogP contribution in [0.4, 0.5) is 5.69 Å². The van der Waals surface area contributed by atoms with Gasteiger partial charge >= 0.3 is 0 Å². The average Bonchev–Trinajstić information content (AvgIpc) is 3.35. The van der Waals surface area contributed by atoms with Gasteiger partial charge in [0.1, 0.15) is 28.7 Å². The summed E-state index contributed by atoms with van der Waals surface area (Å²) in [6, 6.07) is 9.69. The molecular weight excluding hydrogens is 552 g/mol. The normalized spacial score (nSPS) is 28.0. The van der Waals surface area contributed by atoms with Crippen molar-refractivity contribution in [3.63, 3.8) is 0 Å². The minimum absolute atomic E-state index is 0.0325. The molecule has 3 aliphatic carbocycles. The minimum Gasteiger partial charge on any atom is -0.508 e. The number of carbonyl (C=O) groups excluding carboxylic acids is 3. The second-order valence-electron chi connectivity index (χ2n) is 12.0. The van der Waals surface area contributed by atoms with Crippen molar-refractivity contribution in [2.24, 2.45) is 22.6 Å². The van der Waals surface area contributed by atoms with Crippen LogP contribution < -0.4 is 5.73 Å². The maximum Gasteiger partial charge on any atom is 0.255 e. The molecule has 2 aromatic carbocycles. The summed E-state index contributed by atoms with van der Waals surface area (Å²) in [5.74, 6) is -5.69.